The molecule has 2 saturated heterocycles. The third kappa shape index (κ3) is 4.27. The van der Waals surface area contributed by atoms with Crippen molar-refractivity contribution in [3.05, 3.63) is 78.5 Å². The third-order valence-corrected chi connectivity index (χ3v) is 8.13. The molecular weight excluding hydrogens is 474 g/mol. The van der Waals surface area contributed by atoms with Crippen LogP contribution in [0.4, 0.5) is 0 Å². The van der Waals surface area contributed by atoms with Crippen molar-refractivity contribution in [2.45, 2.75) is 38.1 Å². The molecule has 5 heterocycles. The Balaban J connectivity index is 1.08. The zero-order valence-corrected chi connectivity index (χ0v) is 21.4. The van der Waals surface area contributed by atoms with Gasteiger partial charge in [-0.05, 0) is 75.2 Å². The van der Waals surface area contributed by atoms with Gasteiger partial charge in [-0.25, -0.2) is 9.50 Å². The van der Waals surface area contributed by atoms with Crippen molar-refractivity contribution in [3.8, 4) is 22.7 Å². The van der Waals surface area contributed by atoms with Crippen molar-refractivity contribution in [2.75, 3.05) is 26.2 Å². The summed E-state index contributed by atoms with van der Waals surface area (Å²) in [6.07, 6.45) is 7.93. The zero-order valence-electron chi connectivity index (χ0n) is 21.4. The number of likely N-dealkylation sites (tertiary alicyclic amines) is 2. The van der Waals surface area contributed by atoms with E-state index in [1.165, 1.54) is 32.4 Å². The Morgan fingerprint density at radius 1 is 0.868 bits per heavy atom. The Morgan fingerprint density at radius 3 is 2.45 bits per heavy atom. The molecule has 0 N–H and O–H groups in total. The lowest BCUT2D eigenvalue weighted by atomic mass is 9.99. The molecule has 0 radical (unpaired) electrons. The number of furan rings is 1. The quantitative estimate of drug-likeness (QED) is 0.304. The van der Waals surface area contributed by atoms with Gasteiger partial charge in [0.1, 0.15) is 11.3 Å². The first-order chi connectivity index (χ1) is 18.7. The Hall–Kier alpha value is -3.97. The second-order valence-corrected chi connectivity index (χ2v) is 10.5. The summed E-state index contributed by atoms with van der Waals surface area (Å²) >= 11 is 0. The smallest absolute Gasteiger partial charge is 0.253 e. The van der Waals surface area contributed by atoms with Gasteiger partial charge in [-0.15, -0.1) is 0 Å². The molecule has 2 aromatic carbocycles. The fourth-order valence-electron chi connectivity index (χ4n) is 5.99. The number of rotatable bonds is 4. The van der Waals surface area contributed by atoms with E-state index in [-0.39, 0.29) is 5.91 Å². The Kier molecular flexibility index (Phi) is 5.93. The van der Waals surface area contributed by atoms with Gasteiger partial charge >= 0.3 is 0 Å². The van der Waals surface area contributed by atoms with E-state index in [2.05, 4.69) is 9.88 Å². The number of piperidine rings is 2. The number of imidazole rings is 1. The molecule has 2 fully saturated rings. The minimum Gasteiger partial charge on any atom is -0.454 e. The molecule has 0 bridgehead atoms. The lowest BCUT2D eigenvalue weighted by molar-refractivity contribution is 0.0590. The number of carbonyl (C=O) groups excluding carboxylic acids is 1. The SMILES string of the molecule is O=C(c1ccc(-c2ccc3ncc(-c4cc5ccccc5o4)n3n2)cc1)N1CCC(N2CCCCC2)CC1. The number of benzene rings is 2. The number of hydrogen-bond donors (Lipinski definition) is 0. The summed E-state index contributed by atoms with van der Waals surface area (Å²) < 4.78 is 7.88. The van der Waals surface area contributed by atoms with E-state index in [0.29, 0.717) is 6.04 Å². The predicted octanol–water partition coefficient (Wildman–Crippen LogP) is 5.90. The van der Waals surface area contributed by atoms with Gasteiger partial charge < -0.3 is 14.2 Å². The molecule has 0 spiro atoms. The van der Waals surface area contributed by atoms with Crippen LogP contribution in [0.15, 0.2) is 77.3 Å². The van der Waals surface area contributed by atoms with E-state index >= 15 is 0 Å². The number of hydrogen-bond acceptors (Lipinski definition) is 5. The number of para-hydroxylation sites is 1. The summed E-state index contributed by atoms with van der Waals surface area (Å²) in [5, 5.41) is 5.91. The predicted molar refractivity (Wildman–Crippen MR) is 148 cm³/mol. The monoisotopic (exact) mass is 505 g/mol. The standard InChI is InChI=1S/C31H31N5O2/c37-31(35-18-14-25(15-19-35)34-16-4-1-5-17-34)23-10-8-22(9-11-23)26-12-13-30-32-21-27(36(30)33-26)29-20-24-6-2-3-7-28(24)38-29/h2-3,6-13,20-21,25H,1,4-5,14-19H2. The number of fused-ring (bicyclic) bond motifs is 2. The van der Waals surface area contributed by atoms with Crippen LogP contribution in [0, 0.1) is 0 Å². The lowest BCUT2D eigenvalue weighted by Gasteiger charge is -2.40. The molecule has 0 aliphatic carbocycles. The minimum absolute atomic E-state index is 0.124. The van der Waals surface area contributed by atoms with E-state index in [4.69, 9.17) is 9.52 Å². The van der Waals surface area contributed by atoms with Crippen molar-refractivity contribution in [3.63, 3.8) is 0 Å². The van der Waals surface area contributed by atoms with Crippen molar-refractivity contribution in [1.82, 2.24) is 24.4 Å². The average molecular weight is 506 g/mol. The van der Waals surface area contributed by atoms with Crippen LogP contribution in [0.3, 0.4) is 0 Å². The maximum atomic E-state index is 13.2. The van der Waals surface area contributed by atoms with E-state index in [1.807, 2.05) is 76.1 Å². The molecule has 192 valence electrons. The summed E-state index contributed by atoms with van der Waals surface area (Å²) in [6, 6.07) is 22.4. The largest absolute Gasteiger partial charge is 0.454 e. The first-order valence-electron chi connectivity index (χ1n) is 13.7. The molecule has 2 aliphatic heterocycles. The first kappa shape index (κ1) is 23.2. The van der Waals surface area contributed by atoms with Crippen LogP contribution in [-0.4, -0.2) is 62.5 Å². The van der Waals surface area contributed by atoms with E-state index in [9.17, 15) is 4.79 Å². The minimum atomic E-state index is 0.124. The Labute approximate surface area is 221 Å². The fraction of sp³-hybridized carbons (Fsp3) is 0.323. The molecule has 2 aliphatic rings. The molecule has 3 aromatic heterocycles. The van der Waals surface area contributed by atoms with Crippen molar-refractivity contribution in [1.29, 1.82) is 0 Å². The van der Waals surface area contributed by atoms with E-state index < -0.39 is 0 Å². The number of amides is 1. The molecule has 7 rings (SSSR count). The molecule has 0 saturated carbocycles. The van der Waals surface area contributed by atoms with Gasteiger partial charge in [-0.2, -0.15) is 5.10 Å². The number of carbonyl (C=O) groups is 1. The van der Waals surface area contributed by atoms with Crippen LogP contribution in [0.2, 0.25) is 0 Å². The van der Waals surface area contributed by atoms with Gasteiger partial charge in [0.05, 0.1) is 11.9 Å². The highest BCUT2D eigenvalue weighted by Gasteiger charge is 2.28. The fourth-order valence-corrected chi connectivity index (χ4v) is 5.99. The normalized spacial score (nSPS) is 17.4. The highest BCUT2D eigenvalue weighted by atomic mass is 16.3. The molecule has 1 amide bonds. The van der Waals surface area contributed by atoms with Crippen LogP contribution >= 0.6 is 0 Å². The van der Waals surface area contributed by atoms with Crippen LogP contribution in [-0.2, 0) is 0 Å². The topological polar surface area (TPSA) is 66.9 Å². The molecule has 7 nitrogen and oxygen atoms in total. The highest BCUT2D eigenvalue weighted by molar-refractivity contribution is 5.94. The summed E-state index contributed by atoms with van der Waals surface area (Å²) in [6.45, 7) is 4.12. The molecule has 38 heavy (non-hydrogen) atoms. The van der Waals surface area contributed by atoms with Gasteiger partial charge in [0, 0.05) is 35.6 Å². The maximum absolute atomic E-state index is 13.2. The summed E-state index contributed by atoms with van der Waals surface area (Å²) in [5.41, 5.74) is 4.90. The number of nitrogens with zero attached hydrogens (tertiary/aromatic N) is 5. The Morgan fingerprint density at radius 2 is 1.66 bits per heavy atom. The second-order valence-electron chi connectivity index (χ2n) is 10.5. The van der Waals surface area contributed by atoms with Gasteiger partial charge in [0.25, 0.3) is 5.91 Å². The van der Waals surface area contributed by atoms with Gasteiger partial charge in [0.2, 0.25) is 0 Å². The van der Waals surface area contributed by atoms with Crippen molar-refractivity contribution >= 4 is 22.5 Å². The third-order valence-electron chi connectivity index (χ3n) is 8.13. The average Bonchev–Trinajstić information content (AvgIpc) is 3.61. The summed E-state index contributed by atoms with van der Waals surface area (Å²) in [4.78, 5) is 22.4. The van der Waals surface area contributed by atoms with Gasteiger partial charge in [0.15, 0.2) is 11.4 Å². The van der Waals surface area contributed by atoms with Crippen LogP contribution in [0.25, 0.3) is 39.3 Å². The van der Waals surface area contributed by atoms with Gasteiger partial charge in [-0.1, -0.05) is 36.8 Å². The zero-order chi connectivity index (χ0) is 25.5. The van der Waals surface area contributed by atoms with Crippen LogP contribution in [0.1, 0.15) is 42.5 Å². The molecule has 0 unspecified atom stereocenters. The Bertz CT molecular complexity index is 1550. The summed E-state index contributed by atoms with van der Waals surface area (Å²) in [7, 11) is 0. The molecule has 5 aromatic rings. The number of aromatic nitrogens is 3. The second kappa shape index (κ2) is 9.72. The molecular formula is C31H31N5O2. The molecule has 0 atom stereocenters. The van der Waals surface area contributed by atoms with Gasteiger partial charge in [-0.3, -0.25) is 4.79 Å². The lowest BCUT2D eigenvalue weighted by Crippen LogP contribution is -2.48. The van der Waals surface area contributed by atoms with Crippen LogP contribution < -0.4 is 0 Å². The van der Waals surface area contributed by atoms with E-state index in [0.717, 1.165) is 70.8 Å². The molecule has 7 heteroatoms. The van der Waals surface area contributed by atoms with Crippen LogP contribution in [0.5, 0.6) is 0 Å². The maximum Gasteiger partial charge on any atom is 0.253 e. The highest BCUT2D eigenvalue weighted by Crippen LogP contribution is 2.29. The van der Waals surface area contributed by atoms with Crippen molar-refractivity contribution < 1.29 is 9.21 Å². The summed E-state index contributed by atoms with van der Waals surface area (Å²) in [5.74, 6) is 0.854. The van der Waals surface area contributed by atoms with Crippen molar-refractivity contribution in [2.24, 2.45) is 0 Å². The first-order valence-corrected chi connectivity index (χ1v) is 13.7. The van der Waals surface area contributed by atoms with E-state index in [1.54, 1.807) is 6.20 Å².